The zero-order valence-corrected chi connectivity index (χ0v) is 9.04. The van der Waals surface area contributed by atoms with Crippen molar-refractivity contribution in [2.24, 2.45) is 17.1 Å². The van der Waals surface area contributed by atoms with Crippen molar-refractivity contribution in [3.63, 3.8) is 0 Å². The predicted octanol–water partition coefficient (Wildman–Crippen LogP) is 1.60. The molecule has 0 radical (unpaired) electrons. The summed E-state index contributed by atoms with van der Waals surface area (Å²) >= 11 is 0. The maximum Gasteiger partial charge on any atom is 0.00793 e. The quantitative estimate of drug-likeness (QED) is 0.723. The standard InChI is InChI=1S/C12H22N2/c13-11-3-1-2-10(11)8-14-7-6-12(9-14)4-5-12/h10-11H,1-9,13H2. The van der Waals surface area contributed by atoms with Crippen LogP contribution in [0.4, 0.5) is 0 Å². The fourth-order valence-corrected chi connectivity index (χ4v) is 3.39. The van der Waals surface area contributed by atoms with E-state index in [0.717, 1.165) is 11.3 Å². The fourth-order valence-electron chi connectivity index (χ4n) is 3.39. The Labute approximate surface area is 86.8 Å². The monoisotopic (exact) mass is 194 g/mol. The van der Waals surface area contributed by atoms with Gasteiger partial charge < -0.3 is 10.6 Å². The molecule has 3 rings (SSSR count). The molecule has 0 aromatic rings. The molecule has 2 nitrogen and oxygen atoms in total. The van der Waals surface area contributed by atoms with Gasteiger partial charge in [-0.1, -0.05) is 6.42 Å². The van der Waals surface area contributed by atoms with Gasteiger partial charge in [-0.2, -0.15) is 0 Å². The lowest BCUT2D eigenvalue weighted by atomic mass is 10.0. The van der Waals surface area contributed by atoms with Gasteiger partial charge in [0.15, 0.2) is 0 Å². The van der Waals surface area contributed by atoms with E-state index < -0.39 is 0 Å². The van der Waals surface area contributed by atoms with E-state index in [1.807, 2.05) is 0 Å². The van der Waals surface area contributed by atoms with E-state index in [4.69, 9.17) is 5.73 Å². The number of likely N-dealkylation sites (tertiary alicyclic amines) is 1. The van der Waals surface area contributed by atoms with Crippen molar-refractivity contribution in [3.8, 4) is 0 Å². The minimum atomic E-state index is 0.505. The molecule has 2 atom stereocenters. The Morgan fingerprint density at radius 2 is 2.07 bits per heavy atom. The van der Waals surface area contributed by atoms with E-state index in [2.05, 4.69) is 4.90 Å². The summed E-state index contributed by atoms with van der Waals surface area (Å²) in [4.78, 5) is 2.68. The highest BCUT2D eigenvalue weighted by atomic mass is 15.2. The zero-order valence-electron chi connectivity index (χ0n) is 9.04. The zero-order chi connectivity index (χ0) is 9.60. The van der Waals surface area contributed by atoms with Gasteiger partial charge in [0.05, 0.1) is 0 Å². The van der Waals surface area contributed by atoms with Crippen LogP contribution in [0.25, 0.3) is 0 Å². The second kappa shape index (κ2) is 3.21. The molecule has 2 saturated carbocycles. The van der Waals surface area contributed by atoms with Gasteiger partial charge >= 0.3 is 0 Å². The van der Waals surface area contributed by atoms with Crippen molar-refractivity contribution < 1.29 is 0 Å². The van der Waals surface area contributed by atoms with Gasteiger partial charge in [0, 0.05) is 19.1 Å². The predicted molar refractivity (Wildman–Crippen MR) is 58.0 cm³/mol. The molecular formula is C12H22N2. The van der Waals surface area contributed by atoms with Crippen molar-refractivity contribution >= 4 is 0 Å². The minimum absolute atomic E-state index is 0.505. The molecule has 2 heteroatoms. The van der Waals surface area contributed by atoms with Crippen LogP contribution < -0.4 is 5.73 Å². The van der Waals surface area contributed by atoms with Gasteiger partial charge in [-0.05, 0) is 50.0 Å². The Morgan fingerprint density at radius 1 is 1.21 bits per heavy atom. The van der Waals surface area contributed by atoms with Crippen molar-refractivity contribution in [2.45, 2.75) is 44.6 Å². The maximum atomic E-state index is 6.11. The molecule has 0 bridgehead atoms. The summed E-state index contributed by atoms with van der Waals surface area (Å²) in [6.07, 6.45) is 8.48. The summed E-state index contributed by atoms with van der Waals surface area (Å²) in [5.74, 6) is 0.809. The Kier molecular flexibility index (Phi) is 2.10. The number of hydrogen-bond donors (Lipinski definition) is 1. The summed E-state index contributed by atoms with van der Waals surface area (Å²) in [6, 6.07) is 0.505. The normalized spacial score (nSPS) is 40.9. The van der Waals surface area contributed by atoms with Gasteiger partial charge in [-0.15, -0.1) is 0 Å². The third-order valence-electron chi connectivity index (χ3n) is 4.69. The molecule has 2 aliphatic carbocycles. The summed E-state index contributed by atoms with van der Waals surface area (Å²) in [7, 11) is 0. The molecule has 3 aliphatic rings. The van der Waals surface area contributed by atoms with Crippen LogP contribution in [-0.4, -0.2) is 30.6 Å². The molecule has 1 saturated heterocycles. The molecule has 80 valence electrons. The lowest BCUT2D eigenvalue weighted by Gasteiger charge is -2.23. The van der Waals surface area contributed by atoms with Crippen LogP contribution in [-0.2, 0) is 0 Å². The number of nitrogens with two attached hydrogens (primary N) is 1. The molecule has 1 heterocycles. The molecule has 0 aromatic heterocycles. The highest BCUT2D eigenvalue weighted by Crippen LogP contribution is 2.52. The van der Waals surface area contributed by atoms with Gasteiger partial charge in [0.2, 0.25) is 0 Å². The largest absolute Gasteiger partial charge is 0.327 e. The van der Waals surface area contributed by atoms with Crippen LogP contribution in [0, 0.1) is 11.3 Å². The summed E-state index contributed by atoms with van der Waals surface area (Å²) in [5.41, 5.74) is 6.91. The van der Waals surface area contributed by atoms with E-state index in [1.54, 1.807) is 0 Å². The van der Waals surface area contributed by atoms with Gasteiger partial charge in [-0.3, -0.25) is 0 Å². The Bertz CT molecular complexity index is 222. The lowest BCUT2D eigenvalue weighted by molar-refractivity contribution is 0.256. The molecule has 2 unspecified atom stereocenters. The van der Waals surface area contributed by atoms with Gasteiger partial charge in [0.25, 0.3) is 0 Å². The Hall–Kier alpha value is -0.0800. The Morgan fingerprint density at radius 3 is 2.64 bits per heavy atom. The van der Waals surface area contributed by atoms with Crippen LogP contribution in [0.3, 0.4) is 0 Å². The van der Waals surface area contributed by atoms with Crippen LogP contribution >= 0.6 is 0 Å². The number of hydrogen-bond acceptors (Lipinski definition) is 2. The fraction of sp³-hybridized carbons (Fsp3) is 1.00. The summed E-state index contributed by atoms with van der Waals surface area (Å²) in [6.45, 7) is 4.03. The third-order valence-corrected chi connectivity index (χ3v) is 4.69. The van der Waals surface area contributed by atoms with Crippen molar-refractivity contribution in [1.29, 1.82) is 0 Å². The second-order valence-electron chi connectivity index (χ2n) is 5.84. The van der Waals surface area contributed by atoms with Crippen molar-refractivity contribution in [1.82, 2.24) is 4.90 Å². The first-order chi connectivity index (χ1) is 6.77. The van der Waals surface area contributed by atoms with Crippen molar-refractivity contribution in [2.75, 3.05) is 19.6 Å². The SMILES string of the molecule is NC1CCCC1CN1CCC2(CC2)C1. The van der Waals surface area contributed by atoms with Gasteiger partial charge in [0.1, 0.15) is 0 Å². The summed E-state index contributed by atoms with van der Waals surface area (Å²) in [5, 5.41) is 0. The third kappa shape index (κ3) is 1.59. The average molecular weight is 194 g/mol. The molecule has 1 spiro atoms. The summed E-state index contributed by atoms with van der Waals surface area (Å²) < 4.78 is 0. The number of rotatable bonds is 2. The highest BCUT2D eigenvalue weighted by molar-refractivity contribution is 5.01. The molecular weight excluding hydrogens is 172 g/mol. The highest BCUT2D eigenvalue weighted by Gasteiger charge is 2.47. The van der Waals surface area contributed by atoms with E-state index in [0.29, 0.717) is 6.04 Å². The lowest BCUT2D eigenvalue weighted by Crippen LogP contribution is -2.35. The van der Waals surface area contributed by atoms with E-state index in [-0.39, 0.29) is 0 Å². The molecule has 0 amide bonds. The first kappa shape index (κ1) is 9.17. The topological polar surface area (TPSA) is 29.3 Å². The van der Waals surface area contributed by atoms with Crippen LogP contribution in [0.5, 0.6) is 0 Å². The average Bonchev–Trinajstić information content (AvgIpc) is 2.60. The number of nitrogens with zero attached hydrogens (tertiary/aromatic N) is 1. The molecule has 2 N–H and O–H groups in total. The first-order valence-corrected chi connectivity index (χ1v) is 6.25. The van der Waals surface area contributed by atoms with E-state index in [9.17, 15) is 0 Å². The smallest absolute Gasteiger partial charge is 0.00793 e. The molecule has 0 aromatic carbocycles. The van der Waals surface area contributed by atoms with Crippen LogP contribution in [0.1, 0.15) is 38.5 Å². The Balaban J connectivity index is 1.52. The maximum absolute atomic E-state index is 6.11. The second-order valence-corrected chi connectivity index (χ2v) is 5.84. The van der Waals surface area contributed by atoms with E-state index >= 15 is 0 Å². The van der Waals surface area contributed by atoms with Crippen LogP contribution in [0.2, 0.25) is 0 Å². The van der Waals surface area contributed by atoms with Crippen LogP contribution in [0.15, 0.2) is 0 Å². The minimum Gasteiger partial charge on any atom is -0.327 e. The molecule has 3 fully saturated rings. The van der Waals surface area contributed by atoms with Gasteiger partial charge in [-0.25, -0.2) is 0 Å². The first-order valence-electron chi connectivity index (χ1n) is 6.25. The van der Waals surface area contributed by atoms with E-state index in [1.165, 1.54) is 58.2 Å². The van der Waals surface area contributed by atoms with Crippen molar-refractivity contribution in [3.05, 3.63) is 0 Å². The molecule has 14 heavy (non-hydrogen) atoms. The molecule has 1 aliphatic heterocycles.